The van der Waals surface area contributed by atoms with Crippen LogP contribution >= 0.6 is 0 Å². The Hall–Kier alpha value is -3.12. The van der Waals surface area contributed by atoms with Gasteiger partial charge in [0.15, 0.2) is 0 Å². The maximum atomic E-state index is 13.3. The Balaban J connectivity index is 1.87. The van der Waals surface area contributed by atoms with E-state index in [-0.39, 0.29) is 17.9 Å². The maximum absolute atomic E-state index is 13.3. The number of imide groups is 1. The second kappa shape index (κ2) is 11.1. The summed E-state index contributed by atoms with van der Waals surface area (Å²) in [7, 11) is 0. The quantitative estimate of drug-likeness (QED) is 0.393. The lowest BCUT2D eigenvalue weighted by molar-refractivity contribution is -0.137. The van der Waals surface area contributed by atoms with E-state index in [1.807, 2.05) is 69.3 Å². The van der Waals surface area contributed by atoms with Crippen molar-refractivity contribution in [2.45, 2.75) is 47.1 Å². The summed E-state index contributed by atoms with van der Waals surface area (Å²) < 4.78 is 5.59. The zero-order chi connectivity index (χ0) is 24.0. The molecule has 1 N–H and O–H groups in total. The molecule has 1 aliphatic heterocycles. The third-order valence-corrected chi connectivity index (χ3v) is 5.75. The number of ether oxygens (including phenoxy) is 1. The molecule has 2 aromatic carbocycles. The second-order valence-corrected chi connectivity index (χ2v) is 8.50. The number of hydrogen-bond acceptors (Lipinski definition) is 5. The second-order valence-electron chi connectivity index (χ2n) is 8.50. The summed E-state index contributed by atoms with van der Waals surface area (Å²) in [5.74, 6) is -0.566. The third-order valence-electron chi connectivity index (χ3n) is 5.75. The van der Waals surface area contributed by atoms with Crippen LogP contribution in [0.15, 0.2) is 54.2 Å². The number of carbonyl (C=O) groups excluding carboxylic acids is 2. The zero-order valence-corrected chi connectivity index (χ0v) is 20.4. The Labute approximate surface area is 197 Å². The van der Waals surface area contributed by atoms with Gasteiger partial charge in [-0.1, -0.05) is 29.8 Å². The highest BCUT2D eigenvalue weighted by Gasteiger charge is 2.38. The minimum Gasteiger partial charge on any atom is -0.379 e. The number of carbonyl (C=O) groups is 2. The highest BCUT2D eigenvalue weighted by Crippen LogP contribution is 2.31. The highest BCUT2D eigenvalue weighted by atomic mass is 16.5. The third kappa shape index (κ3) is 5.82. The summed E-state index contributed by atoms with van der Waals surface area (Å²) in [6.45, 7) is 12.9. The number of hydrogen-bond donors (Lipinski definition) is 1. The fraction of sp³-hybridized carbons (Fsp3) is 0.407. The van der Waals surface area contributed by atoms with Crippen LogP contribution in [0.3, 0.4) is 0 Å². The van der Waals surface area contributed by atoms with Crippen molar-refractivity contribution in [3.05, 3.63) is 65.4 Å². The molecule has 1 aliphatic rings. The molecule has 0 unspecified atom stereocenters. The van der Waals surface area contributed by atoms with Crippen molar-refractivity contribution < 1.29 is 14.3 Å². The van der Waals surface area contributed by atoms with E-state index in [4.69, 9.17) is 4.74 Å². The number of anilines is 2. The minimum atomic E-state index is -0.298. The summed E-state index contributed by atoms with van der Waals surface area (Å²) in [5.41, 5.74) is 4.47. The smallest absolute Gasteiger partial charge is 0.278 e. The Bertz CT molecular complexity index is 990. The van der Waals surface area contributed by atoms with Crippen molar-refractivity contribution in [1.29, 1.82) is 0 Å². The molecule has 176 valence electrons. The molecule has 6 heteroatoms. The lowest BCUT2D eigenvalue weighted by Gasteiger charge is -2.21. The van der Waals surface area contributed by atoms with Gasteiger partial charge in [-0.15, -0.1) is 0 Å². The van der Waals surface area contributed by atoms with Crippen molar-refractivity contribution in [3.8, 4) is 0 Å². The van der Waals surface area contributed by atoms with Crippen LogP contribution in [-0.2, 0) is 14.3 Å². The van der Waals surface area contributed by atoms with Crippen molar-refractivity contribution >= 4 is 28.8 Å². The molecular formula is C27H35N3O3. The van der Waals surface area contributed by atoms with E-state index >= 15 is 0 Å². The molecule has 0 aliphatic carbocycles. The van der Waals surface area contributed by atoms with Crippen LogP contribution in [0.5, 0.6) is 0 Å². The molecule has 1 heterocycles. The van der Waals surface area contributed by atoms with E-state index in [1.54, 1.807) is 0 Å². The SMILES string of the molecule is CCN(CC)c1ccc(NC2=C(c3ccc(C)cc3)C(=O)N(CCCOC(C)C)C2=O)cc1. The number of nitrogens with zero attached hydrogens (tertiary/aromatic N) is 2. The number of nitrogens with one attached hydrogen (secondary N) is 1. The standard InChI is InChI=1S/C27H35N3O3/c1-6-29(7-2)23-15-13-22(14-16-23)28-25-24(21-11-9-20(5)10-12-21)26(31)30(27(25)32)17-8-18-33-19(3)4/h9-16,19,28H,6-8,17-18H2,1-5H3. The van der Waals surface area contributed by atoms with E-state index in [2.05, 4.69) is 24.1 Å². The Morgan fingerprint density at radius 1 is 0.939 bits per heavy atom. The average Bonchev–Trinajstić information content (AvgIpc) is 3.03. The first kappa shape index (κ1) is 24.5. The Morgan fingerprint density at radius 2 is 1.58 bits per heavy atom. The molecule has 33 heavy (non-hydrogen) atoms. The molecule has 0 bridgehead atoms. The zero-order valence-electron chi connectivity index (χ0n) is 20.4. The summed E-state index contributed by atoms with van der Waals surface area (Å²) >= 11 is 0. The Kier molecular flexibility index (Phi) is 8.28. The molecule has 6 nitrogen and oxygen atoms in total. The monoisotopic (exact) mass is 449 g/mol. The number of rotatable bonds is 11. The molecule has 0 saturated carbocycles. The molecular weight excluding hydrogens is 414 g/mol. The normalized spacial score (nSPS) is 13.9. The molecule has 2 aromatic rings. The van der Waals surface area contributed by atoms with Crippen LogP contribution < -0.4 is 10.2 Å². The summed E-state index contributed by atoms with van der Waals surface area (Å²) in [5, 5.41) is 3.24. The Morgan fingerprint density at radius 3 is 2.15 bits per heavy atom. The van der Waals surface area contributed by atoms with Gasteiger partial charge in [0.05, 0.1) is 11.7 Å². The summed E-state index contributed by atoms with van der Waals surface area (Å²) in [6.07, 6.45) is 0.718. The largest absolute Gasteiger partial charge is 0.379 e. The van der Waals surface area contributed by atoms with Gasteiger partial charge >= 0.3 is 0 Å². The van der Waals surface area contributed by atoms with E-state index in [1.165, 1.54) is 4.90 Å². The van der Waals surface area contributed by atoms with Crippen molar-refractivity contribution in [1.82, 2.24) is 4.90 Å². The van der Waals surface area contributed by atoms with Gasteiger partial charge in [0, 0.05) is 37.6 Å². The van der Waals surface area contributed by atoms with E-state index < -0.39 is 0 Å². The first-order valence-electron chi connectivity index (χ1n) is 11.8. The van der Waals surface area contributed by atoms with Crippen LogP contribution in [0.2, 0.25) is 0 Å². The topological polar surface area (TPSA) is 61.9 Å². The number of benzene rings is 2. The van der Waals surface area contributed by atoms with Gasteiger partial charge in [0.2, 0.25) is 0 Å². The maximum Gasteiger partial charge on any atom is 0.278 e. The fourth-order valence-corrected chi connectivity index (χ4v) is 3.91. The number of aryl methyl sites for hydroxylation is 1. The minimum absolute atomic E-state index is 0.118. The van der Waals surface area contributed by atoms with Crippen molar-refractivity contribution in [2.24, 2.45) is 0 Å². The lowest BCUT2D eigenvalue weighted by atomic mass is 10.0. The van der Waals surface area contributed by atoms with Gasteiger partial charge < -0.3 is 15.0 Å². The van der Waals surface area contributed by atoms with Crippen LogP contribution in [0.25, 0.3) is 5.57 Å². The van der Waals surface area contributed by atoms with E-state index in [0.29, 0.717) is 30.8 Å². The van der Waals surface area contributed by atoms with E-state index in [0.717, 1.165) is 35.6 Å². The molecule has 3 rings (SSSR count). The number of amides is 2. The first-order chi connectivity index (χ1) is 15.8. The molecule has 0 aromatic heterocycles. The first-order valence-corrected chi connectivity index (χ1v) is 11.8. The van der Waals surface area contributed by atoms with Crippen molar-refractivity contribution in [3.63, 3.8) is 0 Å². The molecule has 0 radical (unpaired) electrons. The lowest BCUT2D eigenvalue weighted by Crippen LogP contribution is -2.34. The van der Waals surface area contributed by atoms with Gasteiger partial charge in [-0.2, -0.15) is 0 Å². The molecule has 0 fully saturated rings. The van der Waals surface area contributed by atoms with E-state index in [9.17, 15) is 9.59 Å². The fourth-order valence-electron chi connectivity index (χ4n) is 3.91. The predicted octanol–water partition coefficient (Wildman–Crippen LogP) is 4.85. The average molecular weight is 450 g/mol. The molecule has 2 amide bonds. The van der Waals surface area contributed by atoms with Gasteiger partial charge in [-0.3, -0.25) is 14.5 Å². The van der Waals surface area contributed by atoms with Crippen LogP contribution in [0, 0.1) is 6.92 Å². The van der Waals surface area contributed by atoms with Gasteiger partial charge in [0.25, 0.3) is 11.8 Å². The van der Waals surface area contributed by atoms with Gasteiger partial charge in [-0.05, 0) is 70.9 Å². The van der Waals surface area contributed by atoms with Crippen LogP contribution in [0.4, 0.5) is 11.4 Å². The van der Waals surface area contributed by atoms with Crippen LogP contribution in [0.1, 0.15) is 45.2 Å². The molecule has 0 spiro atoms. The predicted molar refractivity (Wildman–Crippen MR) is 134 cm³/mol. The molecule has 0 saturated heterocycles. The highest BCUT2D eigenvalue weighted by molar-refractivity contribution is 6.36. The summed E-state index contributed by atoms with van der Waals surface area (Å²) in [6, 6.07) is 15.7. The van der Waals surface area contributed by atoms with Gasteiger partial charge in [0.1, 0.15) is 5.70 Å². The summed E-state index contributed by atoms with van der Waals surface area (Å²) in [4.78, 5) is 30.2. The van der Waals surface area contributed by atoms with Crippen molar-refractivity contribution in [2.75, 3.05) is 36.5 Å². The molecule has 0 atom stereocenters. The van der Waals surface area contributed by atoms with Crippen LogP contribution in [-0.4, -0.2) is 49.1 Å². The van der Waals surface area contributed by atoms with Gasteiger partial charge in [-0.25, -0.2) is 0 Å².